The minimum Gasteiger partial charge on any atom is -0.349 e. The second-order valence-corrected chi connectivity index (χ2v) is 4.04. The van der Waals surface area contributed by atoms with Crippen LogP contribution in [0.1, 0.15) is 25.7 Å². The molecule has 1 fully saturated rings. The van der Waals surface area contributed by atoms with Crippen LogP contribution in [0, 0.1) is 5.92 Å². The highest BCUT2D eigenvalue weighted by Crippen LogP contribution is 2.27. The second-order valence-electron chi connectivity index (χ2n) is 4.04. The van der Waals surface area contributed by atoms with Gasteiger partial charge in [0.05, 0.1) is 0 Å². The van der Waals surface area contributed by atoms with E-state index in [0.717, 1.165) is 25.4 Å². The van der Waals surface area contributed by atoms with Crippen molar-refractivity contribution in [1.82, 2.24) is 10.2 Å². The molecule has 1 rings (SSSR count). The summed E-state index contributed by atoms with van der Waals surface area (Å²) in [6.07, 6.45) is 4.42. The third kappa shape index (κ3) is 4.88. The molecule has 0 aromatic heterocycles. The fourth-order valence-corrected chi connectivity index (χ4v) is 1.22. The zero-order chi connectivity index (χ0) is 9.68. The molecule has 0 atom stereocenters. The average Bonchev–Trinajstić information content (AvgIpc) is 2.87. The summed E-state index contributed by atoms with van der Waals surface area (Å²) in [6.45, 7) is 2.13. The standard InChI is InChI=1S/C10H20N2O/c1-12(2)10(13)4-3-7-11-8-9-5-6-9/h9,11H,3-8H2,1-2H3. The molecule has 1 saturated carbocycles. The molecule has 0 spiro atoms. The Morgan fingerprint density at radius 1 is 1.46 bits per heavy atom. The third-order valence-electron chi connectivity index (χ3n) is 2.37. The quantitative estimate of drug-likeness (QED) is 0.621. The smallest absolute Gasteiger partial charge is 0.222 e. The summed E-state index contributed by atoms with van der Waals surface area (Å²) < 4.78 is 0. The minimum absolute atomic E-state index is 0.230. The summed E-state index contributed by atoms with van der Waals surface area (Å²) in [6, 6.07) is 0. The van der Waals surface area contributed by atoms with Gasteiger partial charge in [0.1, 0.15) is 0 Å². The van der Waals surface area contributed by atoms with Crippen molar-refractivity contribution in [3.63, 3.8) is 0 Å². The minimum atomic E-state index is 0.230. The number of hydrogen-bond acceptors (Lipinski definition) is 2. The first kappa shape index (κ1) is 10.5. The number of carbonyl (C=O) groups excluding carboxylic acids is 1. The molecule has 0 heterocycles. The fourth-order valence-electron chi connectivity index (χ4n) is 1.22. The molecular weight excluding hydrogens is 164 g/mol. The first-order valence-corrected chi connectivity index (χ1v) is 5.11. The maximum Gasteiger partial charge on any atom is 0.222 e. The molecule has 1 amide bonds. The van der Waals surface area contributed by atoms with E-state index < -0.39 is 0 Å². The maximum atomic E-state index is 11.2. The van der Waals surface area contributed by atoms with Crippen LogP contribution in [0.4, 0.5) is 0 Å². The second kappa shape index (κ2) is 5.22. The monoisotopic (exact) mass is 184 g/mol. The van der Waals surface area contributed by atoms with Crippen LogP contribution in [0.25, 0.3) is 0 Å². The number of hydrogen-bond donors (Lipinski definition) is 1. The molecule has 3 heteroatoms. The van der Waals surface area contributed by atoms with Crippen LogP contribution in [0.2, 0.25) is 0 Å². The predicted molar refractivity (Wildman–Crippen MR) is 53.5 cm³/mol. The van der Waals surface area contributed by atoms with E-state index in [-0.39, 0.29) is 5.91 Å². The van der Waals surface area contributed by atoms with E-state index in [0.29, 0.717) is 6.42 Å². The molecule has 13 heavy (non-hydrogen) atoms. The van der Waals surface area contributed by atoms with Crippen LogP contribution in [-0.4, -0.2) is 38.0 Å². The highest BCUT2D eigenvalue weighted by atomic mass is 16.2. The summed E-state index contributed by atoms with van der Waals surface area (Å²) in [5.74, 6) is 1.16. The highest BCUT2D eigenvalue weighted by Gasteiger charge is 2.19. The molecule has 0 unspecified atom stereocenters. The molecular formula is C10H20N2O. The van der Waals surface area contributed by atoms with Gasteiger partial charge in [0.15, 0.2) is 0 Å². The van der Waals surface area contributed by atoms with Crippen LogP contribution in [-0.2, 0) is 4.79 Å². The Morgan fingerprint density at radius 3 is 2.69 bits per heavy atom. The fraction of sp³-hybridized carbons (Fsp3) is 0.900. The van der Waals surface area contributed by atoms with Gasteiger partial charge in [-0.1, -0.05) is 0 Å². The number of rotatable bonds is 6. The van der Waals surface area contributed by atoms with E-state index in [4.69, 9.17) is 0 Å². The number of nitrogens with one attached hydrogen (secondary N) is 1. The first-order valence-electron chi connectivity index (χ1n) is 5.11. The van der Waals surface area contributed by atoms with E-state index in [9.17, 15) is 4.79 Å². The van der Waals surface area contributed by atoms with Crippen LogP contribution >= 0.6 is 0 Å². The molecule has 1 aliphatic carbocycles. The Morgan fingerprint density at radius 2 is 2.15 bits per heavy atom. The number of amides is 1. The van der Waals surface area contributed by atoms with Gasteiger partial charge in [-0.2, -0.15) is 0 Å². The van der Waals surface area contributed by atoms with Crippen LogP contribution in [0.3, 0.4) is 0 Å². The molecule has 0 aromatic rings. The maximum absolute atomic E-state index is 11.2. The van der Waals surface area contributed by atoms with Crippen molar-refractivity contribution in [3.8, 4) is 0 Å². The van der Waals surface area contributed by atoms with Gasteiger partial charge in [-0.25, -0.2) is 0 Å². The topological polar surface area (TPSA) is 32.3 Å². The largest absolute Gasteiger partial charge is 0.349 e. The van der Waals surface area contributed by atoms with Gasteiger partial charge < -0.3 is 10.2 Å². The highest BCUT2D eigenvalue weighted by molar-refractivity contribution is 5.75. The van der Waals surface area contributed by atoms with Gasteiger partial charge in [-0.15, -0.1) is 0 Å². The average molecular weight is 184 g/mol. The molecule has 3 nitrogen and oxygen atoms in total. The van der Waals surface area contributed by atoms with Gasteiger partial charge in [0.25, 0.3) is 0 Å². The van der Waals surface area contributed by atoms with Crippen molar-refractivity contribution in [2.45, 2.75) is 25.7 Å². The lowest BCUT2D eigenvalue weighted by molar-refractivity contribution is -0.128. The summed E-state index contributed by atoms with van der Waals surface area (Å²) in [5, 5.41) is 3.37. The molecule has 1 aliphatic rings. The Labute approximate surface area is 80.5 Å². The van der Waals surface area contributed by atoms with Crippen LogP contribution in [0.5, 0.6) is 0 Å². The lowest BCUT2D eigenvalue weighted by Crippen LogP contribution is -2.24. The number of nitrogens with zero attached hydrogens (tertiary/aromatic N) is 1. The van der Waals surface area contributed by atoms with Crippen molar-refractivity contribution in [1.29, 1.82) is 0 Å². The summed E-state index contributed by atoms with van der Waals surface area (Å²) in [7, 11) is 3.61. The van der Waals surface area contributed by atoms with E-state index in [2.05, 4.69) is 5.32 Å². The Balaban J connectivity index is 1.85. The van der Waals surface area contributed by atoms with E-state index in [1.807, 2.05) is 0 Å². The lowest BCUT2D eigenvalue weighted by atomic mass is 10.3. The van der Waals surface area contributed by atoms with Gasteiger partial charge in [-0.3, -0.25) is 4.79 Å². The van der Waals surface area contributed by atoms with E-state index >= 15 is 0 Å². The van der Waals surface area contributed by atoms with E-state index in [1.54, 1.807) is 19.0 Å². The molecule has 0 aliphatic heterocycles. The normalized spacial score (nSPS) is 15.8. The summed E-state index contributed by atoms with van der Waals surface area (Å²) >= 11 is 0. The van der Waals surface area contributed by atoms with Gasteiger partial charge in [0, 0.05) is 20.5 Å². The zero-order valence-corrected chi connectivity index (χ0v) is 8.68. The molecule has 0 aromatic carbocycles. The van der Waals surface area contributed by atoms with Crippen molar-refractivity contribution >= 4 is 5.91 Å². The third-order valence-corrected chi connectivity index (χ3v) is 2.37. The molecule has 76 valence electrons. The lowest BCUT2D eigenvalue weighted by Gasteiger charge is -2.09. The van der Waals surface area contributed by atoms with Crippen molar-refractivity contribution < 1.29 is 4.79 Å². The van der Waals surface area contributed by atoms with Crippen molar-refractivity contribution in [2.75, 3.05) is 27.2 Å². The SMILES string of the molecule is CN(C)C(=O)CCCNCC1CC1. The Kier molecular flexibility index (Phi) is 4.22. The predicted octanol–water partition coefficient (Wildman–Crippen LogP) is 0.854. The summed E-state index contributed by atoms with van der Waals surface area (Å²) in [5.41, 5.74) is 0. The van der Waals surface area contributed by atoms with Crippen molar-refractivity contribution in [2.24, 2.45) is 5.92 Å². The van der Waals surface area contributed by atoms with Crippen LogP contribution in [0.15, 0.2) is 0 Å². The van der Waals surface area contributed by atoms with Crippen molar-refractivity contribution in [3.05, 3.63) is 0 Å². The van der Waals surface area contributed by atoms with Crippen LogP contribution < -0.4 is 5.32 Å². The molecule has 0 bridgehead atoms. The molecule has 0 radical (unpaired) electrons. The summed E-state index contributed by atoms with van der Waals surface area (Å²) in [4.78, 5) is 12.8. The Bertz CT molecular complexity index is 164. The molecule has 0 saturated heterocycles. The van der Waals surface area contributed by atoms with Gasteiger partial charge in [0.2, 0.25) is 5.91 Å². The number of carbonyl (C=O) groups is 1. The Hall–Kier alpha value is -0.570. The van der Waals surface area contributed by atoms with E-state index in [1.165, 1.54) is 12.8 Å². The van der Waals surface area contributed by atoms with Gasteiger partial charge >= 0.3 is 0 Å². The zero-order valence-electron chi connectivity index (χ0n) is 8.68. The first-order chi connectivity index (χ1) is 6.20. The van der Waals surface area contributed by atoms with Gasteiger partial charge in [-0.05, 0) is 38.3 Å². The molecule has 1 N–H and O–H groups in total.